The fraction of sp³-hybridized carbons (Fsp3) is 0.462. The fourth-order valence-corrected chi connectivity index (χ4v) is 1.37. The highest BCUT2D eigenvalue weighted by atomic mass is 19.1. The van der Waals surface area contributed by atoms with Crippen molar-refractivity contribution in [2.75, 3.05) is 13.7 Å². The molecule has 0 aliphatic rings. The molecule has 0 bridgehead atoms. The lowest BCUT2D eigenvalue weighted by atomic mass is 10.0. The summed E-state index contributed by atoms with van der Waals surface area (Å²) in [5.41, 5.74) is -0.263. The molecule has 0 saturated carbocycles. The molecule has 0 atom stereocenters. The van der Waals surface area contributed by atoms with E-state index in [1.165, 1.54) is 11.0 Å². The molecule has 17 heavy (non-hydrogen) atoms. The number of halogens is 1. The molecule has 0 aromatic heterocycles. The number of benzene rings is 1. The molecule has 0 heterocycles. The standard InChI is InChI=1S/C13H18FNO2/c1-13(2,9-16)15(3)12(17)8-10-6-4-5-7-11(10)14/h4-7,16H,8-9H2,1-3H3. The smallest absolute Gasteiger partial charge is 0.227 e. The van der Waals surface area contributed by atoms with Crippen molar-refractivity contribution < 1.29 is 14.3 Å². The molecule has 94 valence electrons. The van der Waals surface area contributed by atoms with Gasteiger partial charge in [-0.2, -0.15) is 0 Å². The number of rotatable bonds is 4. The second-order valence-electron chi connectivity index (χ2n) is 4.69. The Labute approximate surface area is 101 Å². The van der Waals surface area contributed by atoms with Gasteiger partial charge in [-0.25, -0.2) is 4.39 Å². The molecule has 0 aliphatic carbocycles. The molecule has 1 amide bonds. The van der Waals surface area contributed by atoms with E-state index in [0.29, 0.717) is 5.56 Å². The molecule has 0 radical (unpaired) electrons. The van der Waals surface area contributed by atoms with E-state index in [1.54, 1.807) is 39.1 Å². The third kappa shape index (κ3) is 3.27. The number of hydrogen-bond acceptors (Lipinski definition) is 2. The van der Waals surface area contributed by atoms with Crippen molar-refractivity contribution in [2.45, 2.75) is 25.8 Å². The van der Waals surface area contributed by atoms with Crippen LogP contribution in [-0.4, -0.2) is 35.1 Å². The number of aliphatic hydroxyl groups excluding tert-OH is 1. The maximum absolute atomic E-state index is 13.4. The molecular weight excluding hydrogens is 221 g/mol. The summed E-state index contributed by atoms with van der Waals surface area (Å²) in [5, 5.41) is 9.17. The van der Waals surface area contributed by atoms with Gasteiger partial charge in [0.1, 0.15) is 5.82 Å². The number of amides is 1. The Balaban J connectivity index is 2.77. The van der Waals surface area contributed by atoms with Crippen LogP contribution in [0, 0.1) is 5.82 Å². The van der Waals surface area contributed by atoms with Gasteiger partial charge in [0.2, 0.25) is 5.91 Å². The van der Waals surface area contributed by atoms with Gasteiger partial charge < -0.3 is 10.0 Å². The van der Waals surface area contributed by atoms with Gasteiger partial charge in [-0.3, -0.25) is 4.79 Å². The zero-order valence-electron chi connectivity index (χ0n) is 10.4. The van der Waals surface area contributed by atoms with Gasteiger partial charge in [-0.1, -0.05) is 18.2 Å². The number of aliphatic hydroxyl groups is 1. The summed E-state index contributed by atoms with van der Waals surface area (Å²) in [6, 6.07) is 6.21. The summed E-state index contributed by atoms with van der Waals surface area (Å²) in [6.45, 7) is 3.38. The van der Waals surface area contributed by atoms with Crippen LogP contribution in [0.25, 0.3) is 0 Å². The Morgan fingerprint density at radius 3 is 2.53 bits per heavy atom. The monoisotopic (exact) mass is 239 g/mol. The Morgan fingerprint density at radius 2 is 2.00 bits per heavy atom. The minimum absolute atomic E-state index is 0.00655. The minimum Gasteiger partial charge on any atom is -0.394 e. The third-order valence-corrected chi connectivity index (χ3v) is 2.97. The first-order valence-electron chi connectivity index (χ1n) is 5.49. The Kier molecular flexibility index (Phi) is 4.23. The summed E-state index contributed by atoms with van der Waals surface area (Å²) in [7, 11) is 1.61. The molecule has 1 rings (SSSR count). The lowest BCUT2D eigenvalue weighted by molar-refractivity contribution is -0.135. The summed E-state index contributed by atoms with van der Waals surface area (Å²) in [6.07, 6.45) is 0.00655. The maximum Gasteiger partial charge on any atom is 0.227 e. The number of hydrogen-bond donors (Lipinski definition) is 1. The minimum atomic E-state index is -0.637. The largest absolute Gasteiger partial charge is 0.394 e. The van der Waals surface area contributed by atoms with E-state index in [1.807, 2.05) is 0 Å². The van der Waals surface area contributed by atoms with Gasteiger partial charge in [-0.05, 0) is 25.5 Å². The van der Waals surface area contributed by atoms with Crippen LogP contribution >= 0.6 is 0 Å². The average molecular weight is 239 g/mol. The first-order chi connectivity index (χ1) is 7.88. The van der Waals surface area contributed by atoms with Crippen molar-refractivity contribution in [3.8, 4) is 0 Å². The van der Waals surface area contributed by atoms with Crippen LogP contribution in [0.4, 0.5) is 4.39 Å². The van der Waals surface area contributed by atoms with Crippen molar-refractivity contribution in [1.82, 2.24) is 4.90 Å². The summed E-state index contributed by atoms with van der Waals surface area (Å²) in [4.78, 5) is 13.4. The normalized spacial score (nSPS) is 11.4. The molecule has 0 spiro atoms. The van der Waals surface area contributed by atoms with Crippen LogP contribution in [0.3, 0.4) is 0 Å². The quantitative estimate of drug-likeness (QED) is 0.867. The molecule has 0 fully saturated rings. The zero-order chi connectivity index (χ0) is 13.1. The predicted molar refractivity (Wildman–Crippen MR) is 64.0 cm³/mol. The number of carbonyl (C=O) groups is 1. The number of carbonyl (C=O) groups excluding carboxylic acids is 1. The van der Waals surface area contributed by atoms with Gasteiger partial charge in [0.25, 0.3) is 0 Å². The molecule has 1 aromatic rings. The van der Waals surface area contributed by atoms with Crippen molar-refractivity contribution in [1.29, 1.82) is 0 Å². The van der Waals surface area contributed by atoms with Gasteiger partial charge in [0, 0.05) is 7.05 Å². The summed E-state index contributed by atoms with van der Waals surface area (Å²) >= 11 is 0. The predicted octanol–water partition coefficient (Wildman–Crippen LogP) is 1.60. The lowest BCUT2D eigenvalue weighted by Crippen LogP contribution is -2.48. The summed E-state index contributed by atoms with van der Waals surface area (Å²) in [5.74, 6) is -0.592. The zero-order valence-corrected chi connectivity index (χ0v) is 10.4. The second kappa shape index (κ2) is 5.27. The Bertz CT molecular complexity index is 404. The Morgan fingerprint density at radius 1 is 1.41 bits per heavy atom. The van der Waals surface area contributed by atoms with E-state index in [4.69, 9.17) is 5.11 Å². The van der Waals surface area contributed by atoms with Crippen molar-refractivity contribution in [2.24, 2.45) is 0 Å². The van der Waals surface area contributed by atoms with Crippen molar-refractivity contribution in [3.63, 3.8) is 0 Å². The van der Waals surface area contributed by atoms with Crippen LogP contribution < -0.4 is 0 Å². The molecule has 0 aliphatic heterocycles. The van der Waals surface area contributed by atoms with Gasteiger partial charge in [0.15, 0.2) is 0 Å². The average Bonchev–Trinajstić information content (AvgIpc) is 2.31. The summed E-state index contributed by atoms with van der Waals surface area (Å²) < 4.78 is 13.4. The molecular formula is C13H18FNO2. The first-order valence-corrected chi connectivity index (χ1v) is 5.49. The van der Waals surface area contributed by atoms with Gasteiger partial charge in [0.05, 0.1) is 18.6 Å². The van der Waals surface area contributed by atoms with Crippen LogP contribution in [0.1, 0.15) is 19.4 Å². The molecule has 3 nitrogen and oxygen atoms in total. The van der Waals surface area contributed by atoms with Gasteiger partial charge >= 0.3 is 0 Å². The molecule has 1 N–H and O–H groups in total. The number of likely N-dealkylation sites (N-methyl/N-ethyl adjacent to an activating group) is 1. The van der Waals surface area contributed by atoms with Crippen LogP contribution in [0.2, 0.25) is 0 Å². The molecule has 4 heteroatoms. The van der Waals surface area contributed by atoms with E-state index < -0.39 is 5.54 Å². The SMILES string of the molecule is CN(C(=O)Cc1ccccc1F)C(C)(C)CO. The van der Waals surface area contributed by atoms with E-state index in [0.717, 1.165) is 0 Å². The second-order valence-corrected chi connectivity index (χ2v) is 4.69. The van der Waals surface area contributed by atoms with Crippen molar-refractivity contribution in [3.05, 3.63) is 35.6 Å². The van der Waals surface area contributed by atoms with Crippen LogP contribution in [0.15, 0.2) is 24.3 Å². The van der Waals surface area contributed by atoms with Crippen molar-refractivity contribution >= 4 is 5.91 Å². The highest BCUT2D eigenvalue weighted by molar-refractivity contribution is 5.79. The number of nitrogens with zero attached hydrogens (tertiary/aromatic N) is 1. The van der Waals surface area contributed by atoms with E-state index in [-0.39, 0.29) is 24.8 Å². The highest BCUT2D eigenvalue weighted by Crippen LogP contribution is 2.14. The lowest BCUT2D eigenvalue weighted by Gasteiger charge is -2.34. The Hall–Kier alpha value is -1.42. The highest BCUT2D eigenvalue weighted by Gasteiger charge is 2.26. The maximum atomic E-state index is 13.4. The van der Waals surface area contributed by atoms with Crippen LogP contribution in [-0.2, 0) is 11.2 Å². The first kappa shape index (κ1) is 13.6. The fourth-order valence-electron chi connectivity index (χ4n) is 1.37. The molecule has 1 aromatic carbocycles. The van der Waals surface area contributed by atoms with Crippen LogP contribution in [0.5, 0.6) is 0 Å². The third-order valence-electron chi connectivity index (χ3n) is 2.97. The molecule has 0 unspecified atom stereocenters. The van der Waals surface area contributed by atoms with E-state index >= 15 is 0 Å². The van der Waals surface area contributed by atoms with E-state index in [9.17, 15) is 9.18 Å². The van der Waals surface area contributed by atoms with E-state index in [2.05, 4.69) is 0 Å². The molecule has 0 saturated heterocycles. The topological polar surface area (TPSA) is 40.5 Å². The van der Waals surface area contributed by atoms with Gasteiger partial charge in [-0.15, -0.1) is 0 Å².